The minimum atomic E-state index is -0.771. The van der Waals surface area contributed by atoms with Crippen molar-refractivity contribution in [2.24, 2.45) is 0 Å². The molecule has 0 aliphatic carbocycles. The van der Waals surface area contributed by atoms with Gasteiger partial charge in [-0.15, -0.1) is 0 Å². The third kappa shape index (κ3) is 13.0. The highest BCUT2D eigenvalue weighted by molar-refractivity contribution is 5.81. The molecule has 1 aromatic rings. The number of benzene rings is 1. The Morgan fingerprint density at radius 3 is 2.13 bits per heavy atom. The number of nitrogens with one attached hydrogen (secondary N) is 1. The van der Waals surface area contributed by atoms with E-state index in [9.17, 15) is 9.59 Å². The first-order valence-corrected chi connectivity index (χ1v) is 11.4. The van der Waals surface area contributed by atoms with Gasteiger partial charge in [-0.1, -0.05) is 108 Å². The van der Waals surface area contributed by atoms with E-state index in [1.54, 1.807) is 0 Å². The van der Waals surface area contributed by atoms with E-state index in [4.69, 9.17) is 9.47 Å². The number of rotatable bonds is 17. The molecule has 30 heavy (non-hydrogen) atoms. The van der Waals surface area contributed by atoms with Crippen LogP contribution in [0.5, 0.6) is 0 Å². The van der Waals surface area contributed by atoms with E-state index in [1.807, 2.05) is 30.3 Å². The Bertz CT molecular complexity index is 588. The molecule has 5 heteroatoms. The predicted molar refractivity (Wildman–Crippen MR) is 121 cm³/mol. The van der Waals surface area contributed by atoms with Crippen molar-refractivity contribution in [2.75, 3.05) is 13.2 Å². The molecule has 5 nitrogen and oxygen atoms in total. The summed E-state index contributed by atoms with van der Waals surface area (Å²) in [6.07, 6.45) is 13.5. The first kappa shape index (κ1) is 25.7. The van der Waals surface area contributed by atoms with Gasteiger partial charge in [-0.25, -0.2) is 9.59 Å². The summed E-state index contributed by atoms with van der Waals surface area (Å²) in [5.41, 5.74) is 0.947. The second-order valence-corrected chi connectivity index (χ2v) is 7.62. The highest BCUT2D eigenvalue weighted by Crippen LogP contribution is 2.11. The number of hydrogen-bond donors (Lipinski definition) is 1. The maximum Gasteiger partial charge on any atom is 0.408 e. The van der Waals surface area contributed by atoms with Crippen LogP contribution in [0.3, 0.4) is 0 Å². The molecule has 1 atom stereocenters. The van der Waals surface area contributed by atoms with Gasteiger partial charge in [-0.3, -0.25) is 0 Å². The molecule has 0 heterocycles. The SMILES string of the molecule is C=CCOC(=O)NC(Cc1ccccc1)C(=O)OCCCCCCCCCCCC. The molecule has 0 aliphatic heterocycles. The Balaban J connectivity index is 2.28. The van der Waals surface area contributed by atoms with E-state index in [1.165, 1.54) is 57.4 Å². The van der Waals surface area contributed by atoms with E-state index in [-0.39, 0.29) is 6.61 Å². The molecule has 0 aliphatic rings. The van der Waals surface area contributed by atoms with Crippen molar-refractivity contribution < 1.29 is 19.1 Å². The molecule has 0 saturated heterocycles. The number of esters is 1. The van der Waals surface area contributed by atoms with Crippen molar-refractivity contribution >= 4 is 12.1 Å². The molecule has 0 radical (unpaired) electrons. The summed E-state index contributed by atoms with van der Waals surface area (Å²) >= 11 is 0. The molecule has 0 fully saturated rings. The van der Waals surface area contributed by atoms with Crippen LogP contribution in [-0.2, 0) is 20.7 Å². The van der Waals surface area contributed by atoms with Crippen LogP contribution in [0.2, 0.25) is 0 Å². The fraction of sp³-hybridized carbons (Fsp3) is 0.600. The van der Waals surface area contributed by atoms with Crippen LogP contribution in [0.15, 0.2) is 43.0 Å². The highest BCUT2D eigenvalue weighted by Gasteiger charge is 2.23. The average Bonchev–Trinajstić information content (AvgIpc) is 2.76. The second kappa shape index (κ2) is 17.5. The van der Waals surface area contributed by atoms with Gasteiger partial charge >= 0.3 is 12.1 Å². The second-order valence-electron chi connectivity index (χ2n) is 7.62. The van der Waals surface area contributed by atoms with Crippen molar-refractivity contribution in [3.8, 4) is 0 Å². The molecule has 1 N–H and O–H groups in total. The van der Waals surface area contributed by atoms with Gasteiger partial charge in [0.2, 0.25) is 0 Å². The first-order valence-electron chi connectivity index (χ1n) is 11.4. The predicted octanol–water partition coefficient (Wildman–Crippen LogP) is 5.97. The van der Waals surface area contributed by atoms with E-state index in [2.05, 4.69) is 18.8 Å². The Labute approximate surface area is 182 Å². The monoisotopic (exact) mass is 417 g/mol. The quantitative estimate of drug-likeness (QED) is 0.192. The molecule has 0 saturated carbocycles. The molecule has 1 aromatic carbocycles. The molecular weight excluding hydrogens is 378 g/mol. The lowest BCUT2D eigenvalue weighted by atomic mass is 10.1. The van der Waals surface area contributed by atoms with Gasteiger partial charge < -0.3 is 14.8 Å². The maximum absolute atomic E-state index is 12.5. The summed E-state index contributed by atoms with van der Waals surface area (Å²) in [5, 5.41) is 2.61. The van der Waals surface area contributed by atoms with Gasteiger partial charge in [-0.2, -0.15) is 0 Å². The summed E-state index contributed by atoms with van der Waals surface area (Å²) in [7, 11) is 0. The third-order valence-electron chi connectivity index (χ3n) is 4.93. The lowest BCUT2D eigenvalue weighted by Crippen LogP contribution is -2.43. The summed E-state index contributed by atoms with van der Waals surface area (Å²) < 4.78 is 10.4. The van der Waals surface area contributed by atoms with Crippen LogP contribution in [0.25, 0.3) is 0 Å². The molecule has 168 valence electrons. The van der Waals surface area contributed by atoms with Crippen LogP contribution >= 0.6 is 0 Å². The number of carbonyl (C=O) groups excluding carboxylic acids is 2. The Kier molecular flexibility index (Phi) is 15.1. The zero-order chi connectivity index (χ0) is 21.9. The molecule has 0 bridgehead atoms. The molecule has 1 amide bonds. The number of carbonyl (C=O) groups is 2. The molecule has 1 unspecified atom stereocenters. The summed E-state index contributed by atoms with van der Waals surface area (Å²) in [6, 6.07) is 8.77. The van der Waals surface area contributed by atoms with Gasteiger partial charge in [0.15, 0.2) is 0 Å². The number of alkyl carbamates (subject to hydrolysis) is 1. The lowest BCUT2D eigenvalue weighted by molar-refractivity contribution is -0.146. The number of ether oxygens (including phenoxy) is 2. The molecule has 1 rings (SSSR count). The largest absolute Gasteiger partial charge is 0.464 e. The molecule has 0 aromatic heterocycles. The minimum Gasteiger partial charge on any atom is -0.464 e. The van der Waals surface area contributed by atoms with E-state index >= 15 is 0 Å². The van der Waals surface area contributed by atoms with Crippen LogP contribution in [-0.4, -0.2) is 31.3 Å². The van der Waals surface area contributed by atoms with Crippen molar-refractivity contribution in [2.45, 2.75) is 83.6 Å². The number of hydrogen-bond acceptors (Lipinski definition) is 4. The summed E-state index contributed by atoms with van der Waals surface area (Å²) in [5.74, 6) is -0.426. The molecular formula is C25H39NO4. The van der Waals surface area contributed by atoms with Crippen molar-refractivity contribution in [3.05, 3.63) is 48.6 Å². The van der Waals surface area contributed by atoms with Gasteiger partial charge in [0.1, 0.15) is 12.6 Å². The van der Waals surface area contributed by atoms with Gasteiger partial charge in [-0.05, 0) is 12.0 Å². The Morgan fingerprint density at radius 1 is 0.933 bits per heavy atom. The maximum atomic E-state index is 12.5. The van der Waals surface area contributed by atoms with E-state index in [0.29, 0.717) is 13.0 Å². The van der Waals surface area contributed by atoms with E-state index in [0.717, 1.165) is 18.4 Å². The van der Waals surface area contributed by atoms with Crippen LogP contribution < -0.4 is 5.32 Å². The van der Waals surface area contributed by atoms with Crippen molar-refractivity contribution in [1.82, 2.24) is 5.32 Å². The fourth-order valence-corrected chi connectivity index (χ4v) is 3.22. The highest BCUT2D eigenvalue weighted by atomic mass is 16.6. The van der Waals surface area contributed by atoms with Crippen molar-refractivity contribution in [3.63, 3.8) is 0 Å². The summed E-state index contributed by atoms with van der Waals surface area (Å²) in [6.45, 7) is 6.22. The third-order valence-corrected chi connectivity index (χ3v) is 4.93. The van der Waals surface area contributed by atoms with Crippen LogP contribution in [0.1, 0.15) is 76.7 Å². The smallest absolute Gasteiger partial charge is 0.408 e. The minimum absolute atomic E-state index is 0.0948. The number of amides is 1. The van der Waals surface area contributed by atoms with Gasteiger partial charge in [0.05, 0.1) is 6.61 Å². The topological polar surface area (TPSA) is 64.6 Å². The zero-order valence-corrected chi connectivity index (χ0v) is 18.6. The lowest BCUT2D eigenvalue weighted by Gasteiger charge is -2.17. The van der Waals surface area contributed by atoms with Crippen LogP contribution in [0, 0.1) is 0 Å². The Morgan fingerprint density at radius 2 is 1.53 bits per heavy atom. The standard InChI is InChI=1S/C25H39NO4/c1-3-5-6-7-8-9-10-11-12-16-20-29-24(27)23(26-25(28)30-19-4-2)21-22-17-14-13-15-18-22/h4,13-15,17-18,23H,2-3,5-12,16,19-21H2,1H3,(H,26,28). The zero-order valence-electron chi connectivity index (χ0n) is 18.6. The average molecular weight is 418 g/mol. The van der Waals surface area contributed by atoms with Gasteiger partial charge in [0, 0.05) is 6.42 Å². The van der Waals surface area contributed by atoms with Crippen molar-refractivity contribution in [1.29, 1.82) is 0 Å². The first-order chi connectivity index (χ1) is 14.7. The molecule has 0 spiro atoms. The summed E-state index contributed by atoms with van der Waals surface area (Å²) in [4.78, 5) is 24.4. The Hall–Kier alpha value is -2.30. The number of unbranched alkanes of at least 4 members (excludes halogenated alkanes) is 9. The fourth-order valence-electron chi connectivity index (χ4n) is 3.22. The van der Waals surface area contributed by atoms with Crippen LogP contribution in [0.4, 0.5) is 4.79 Å². The van der Waals surface area contributed by atoms with E-state index < -0.39 is 18.1 Å². The van der Waals surface area contributed by atoms with Gasteiger partial charge in [0.25, 0.3) is 0 Å². The normalized spacial score (nSPS) is 11.5.